The number of fused-ring (bicyclic) bond motifs is 1. The van der Waals surface area contributed by atoms with Crippen molar-refractivity contribution in [3.05, 3.63) is 48.5 Å². The molecule has 33 heavy (non-hydrogen) atoms. The Morgan fingerprint density at radius 3 is 2.94 bits per heavy atom. The van der Waals surface area contributed by atoms with Crippen LogP contribution in [0.3, 0.4) is 0 Å². The quantitative estimate of drug-likeness (QED) is 0.527. The van der Waals surface area contributed by atoms with Crippen molar-refractivity contribution < 1.29 is 23.4 Å². The summed E-state index contributed by atoms with van der Waals surface area (Å²) < 4.78 is 31.4. The molecule has 4 heterocycles. The average Bonchev–Trinajstić information content (AvgIpc) is 3.32. The number of likely N-dealkylation sites (tertiary alicyclic amines) is 1. The second-order valence-electron chi connectivity index (χ2n) is 8.52. The van der Waals surface area contributed by atoms with Crippen molar-refractivity contribution in [1.82, 2.24) is 14.9 Å². The number of ether oxygens (including phenoxy) is 3. The molecule has 2 aliphatic heterocycles. The monoisotopic (exact) mass is 451 g/mol. The van der Waals surface area contributed by atoms with E-state index in [1.807, 2.05) is 24.3 Å². The molecule has 0 bridgehead atoms. The lowest BCUT2D eigenvalue weighted by molar-refractivity contribution is -0.125. The number of pyridine rings is 2. The maximum Gasteiger partial charge on any atom is 0.250 e. The lowest BCUT2D eigenvalue weighted by Gasteiger charge is -2.33. The first-order chi connectivity index (χ1) is 16.1. The number of hydrogen-bond acceptors (Lipinski definition) is 7. The minimum absolute atomic E-state index is 0.0209. The van der Waals surface area contributed by atoms with Crippen molar-refractivity contribution >= 4 is 17.2 Å². The van der Waals surface area contributed by atoms with Gasteiger partial charge >= 0.3 is 0 Å². The van der Waals surface area contributed by atoms with E-state index in [1.54, 1.807) is 12.4 Å². The van der Waals surface area contributed by atoms with Gasteiger partial charge in [-0.15, -0.1) is 0 Å². The van der Waals surface area contributed by atoms with Gasteiger partial charge in [0.25, 0.3) is 0 Å². The van der Waals surface area contributed by atoms with Crippen molar-refractivity contribution in [3.63, 3.8) is 0 Å². The highest BCUT2D eigenvalue weighted by Crippen LogP contribution is 2.32. The molecule has 2 fully saturated rings. The van der Waals surface area contributed by atoms with Crippen molar-refractivity contribution in [3.8, 4) is 22.8 Å². The number of carbonyl (C=O) groups excluding carboxylic acids is 1. The van der Waals surface area contributed by atoms with E-state index in [9.17, 15) is 9.18 Å². The Hall–Kier alpha value is -3.10. The predicted octanol–water partition coefficient (Wildman–Crippen LogP) is 3.85. The molecule has 7 nitrogen and oxygen atoms in total. The van der Waals surface area contributed by atoms with Crippen molar-refractivity contribution in [2.24, 2.45) is 5.92 Å². The second kappa shape index (κ2) is 9.41. The first kappa shape index (κ1) is 21.7. The third kappa shape index (κ3) is 4.54. The SMILES string of the molecule is COc1ncc(-c2ccnc3ccc(O[C@H]4CCN(C5CC(C=O)CCO5)C4)cc23)cc1F. The molecule has 0 amide bonds. The van der Waals surface area contributed by atoms with E-state index in [2.05, 4.69) is 14.9 Å². The van der Waals surface area contributed by atoms with E-state index in [4.69, 9.17) is 14.2 Å². The number of hydrogen-bond donors (Lipinski definition) is 0. The summed E-state index contributed by atoms with van der Waals surface area (Å²) in [5.41, 5.74) is 2.26. The molecule has 0 N–H and O–H groups in total. The van der Waals surface area contributed by atoms with Crippen LogP contribution in [0.25, 0.3) is 22.0 Å². The summed E-state index contributed by atoms with van der Waals surface area (Å²) in [6, 6.07) is 9.03. The molecule has 1 aromatic carbocycles. The highest BCUT2D eigenvalue weighted by Gasteiger charge is 2.33. The number of halogens is 1. The van der Waals surface area contributed by atoms with E-state index in [0.717, 1.165) is 60.9 Å². The summed E-state index contributed by atoms with van der Waals surface area (Å²) in [7, 11) is 1.39. The fourth-order valence-corrected chi connectivity index (χ4v) is 4.66. The standard InChI is InChI=1S/C25H26FN3O4/c1-31-25-22(26)11-17(13-28-25)20-4-7-27-23-3-2-18(12-21(20)23)33-19-5-8-29(14-19)24-10-16(15-30)6-9-32-24/h2-4,7,11-13,15-16,19,24H,5-6,8-10,14H2,1H3/t16?,19-,24?/m0/s1. The largest absolute Gasteiger partial charge is 0.489 e. The number of methoxy groups -OCH3 is 1. The lowest BCUT2D eigenvalue weighted by atomic mass is 10.00. The number of nitrogens with zero attached hydrogens (tertiary/aromatic N) is 3. The van der Waals surface area contributed by atoms with E-state index < -0.39 is 5.82 Å². The molecule has 2 aromatic heterocycles. The molecular formula is C25H26FN3O4. The zero-order valence-corrected chi connectivity index (χ0v) is 18.4. The third-order valence-electron chi connectivity index (χ3n) is 6.41. The third-order valence-corrected chi connectivity index (χ3v) is 6.41. The van der Waals surface area contributed by atoms with E-state index in [0.29, 0.717) is 12.2 Å². The van der Waals surface area contributed by atoms with Crippen molar-refractivity contribution in [2.45, 2.75) is 31.6 Å². The Labute approximate surface area is 191 Å². The van der Waals surface area contributed by atoms with E-state index >= 15 is 0 Å². The van der Waals surface area contributed by atoms with Crippen molar-refractivity contribution in [2.75, 3.05) is 26.8 Å². The molecule has 0 saturated carbocycles. The minimum Gasteiger partial charge on any atom is -0.489 e. The van der Waals surface area contributed by atoms with Crippen molar-refractivity contribution in [1.29, 1.82) is 0 Å². The summed E-state index contributed by atoms with van der Waals surface area (Å²) in [5, 5.41) is 0.862. The second-order valence-corrected chi connectivity index (χ2v) is 8.52. The van der Waals surface area contributed by atoms with Crippen LogP contribution >= 0.6 is 0 Å². The number of aldehydes is 1. The summed E-state index contributed by atoms with van der Waals surface area (Å²) in [4.78, 5) is 21.9. The number of carbonyl (C=O) groups is 1. The van der Waals surface area contributed by atoms with Gasteiger partial charge in [0.15, 0.2) is 5.82 Å². The molecule has 2 aliphatic rings. The van der Waals surface area contributed by atoms with Crippen LogP contribution in [0.15, 0.2) is 42.7 Å². The molecule has 0 spiro atoms. The fraction of sp³-hybridized carbons (Fsp3) is 0.400. The summed E-state index contributed by atoms with van der Waals surface area (Å²) in [6.45, 7) is 2.25. The predicted molar refractivity (Wildman–Crippen MR) is 121 cm³/mol. The average molecular weight is 451 g/mol. The van der Waals surface area contributed by atoms with Gasteiger partial charge in [-0.25, -0.2) is 9.37 Å². The zero-order chi connectivity index (χ0) is 22.8. The van der Waals surface area contributed by atoms with Gasteiger partial charge in [0, 0.05) is 49.0 Å². The van der Waals surface area contributed by atoms with Gasteiger partial charge in [-0.2, -0.15) is 0 Å². The Morgan fingerprint density at radius 2 is 2.12 bits per heavy atom. The molecular weight excluding hydrogens is 425 g/mol. The molecule has 2 saturated heterocycles. The molecule has 0 radical (unpaired) electrons. The minimum atomic E-state index is -0.514. The first-order valence-electron chi connectivity index (χ1n) is 11.2. The van der Waals surface area contributed by atoms with Crippen LogP contribution in [-0.4, -0.2) is 60.3 Å². The highest BCUT2D eigenvalue weighted by atomic mass is 19.1. The molecule has 3 aromatic rings. The Morgan fingerprint density at radius 1 is 1.21 bits per heavy atom. The van der Waals surface area contributed by atoms with Gasteiger partial charge in [-0.1, -0.05) is 0 Å². The lowest BCUT2D eigenvalue weighted by Crippen LogP contribution is -2.41. The van der Waals surface area contributed by atoms with Gasteiger partial charge in [0.1, 0.15) is 24.4 Å². The molecule has 172 valence electrons. The molecule has 3 atom stereocenters. The number of rotatable bonds is 6. The van der Waals surface area contributed by atoms with Gasteiger partial charge in [0.2, 0.25) is 5.88 Å². The van der Waals surface area contributed by atoms with Crippen LogP contribution in [0, 0.1) is 11.7 Å². The van der Waals surface area contributed by atoms with Crippen LogP contribution in [0.4, 0.5) is 4.39 Å². The molecule has 8 heteroatoms. The summed E-state index contributed by atoms with van der Waals surface area (Å²) >= 11 is 0. The maximum absolute atomic E-state index is 14.3. The smallest absolute Gasteiger partial charge is 0.250 e. The van der Waals surface area contributed by atoms with Crippen LogP contribution in [-0.2, 0) is 9.53 Å². The van der Waals surface area contributed by atoms with Crippen LogP contribution in [0.5, 0.6) is 11.6 Å². The Kier molecular flexibility index (Phi) is 6.20. The van der Waals surface area contributed by atoms with Gasteiger partial charge in [-0.3, -0.25) is 9.88 Å². The van der Waals surface area contributed by atoms with Gasteiger partial charge in [0.05, 0.1) is 12.6 Å². The molecule has 2 unspecified atom stereocenters. The molecule has 5 rings (SSSR count). The number of benzene rings is 1. The van der Waals surface area contributed by atoms with Gasteiger partial charge in [-0.05, 0) is 55.2 Å². The normalized spacial score (nSPS) is 23.5. The fourth-order valence-electron chi connectivity index (χ4n) is 4.66. The van der Waals surface area contributed by atoms with Crippen LogP contribution < -0.4 is 9.47 Å². The number of aromatic nitrogens is 2. The topological polar surface area (TPSA) is 73.8 Å². The Bertz CT molecular complexity index is 1160. The maximum atomic E-state index is 14.3. The summed E-state index contributed by atoms with van der Waals surface area (Å²) in [5.74, 6) is 0.266. The Balaban J connectivity index is 1.34. The summed E-state index contributed by atoms with van der Waals surface area (Å²) in [6.07, 6.45) is 6.78. The van der Waals surface area contributed by atoms with E-state index in [-0.39, 0.29) is 24.1 Å². The zero-order valence-electron chi connectivity index (χ0n) is 18.4. The highest BCUT2D eigenvalue weighted by molar-refractivity contribution is 5.95. The first-order valence-corrected chi connectivity index (χ1v) is 11.2. The van der Waals surface area contributed by atoms with Crippen LogP contribution in [0.2, 0.25) is 0 Å². The van der Waals surface area contributed by atoms with Gasteiger partial charge < -0.3 is 19.0 Å². The van der Waals surface area contributed by atoms with E-state index in [1.165, 1.54) is 13.2 Å². The molecule has 0 aliphatic carbocycles. The van der Waals surface area contributed by atoms with Crippen LogP contribution in [0.1, 0.15) is 19.3 Å².